The average molecular weight is 293 g/mol. The Hall–Kier alpha value is -1.69. The van der Waals surface area contributed by atoms with Gasteiger partial charge in [0.1, 0.15) is 11.5 Å². The van der Waals surface area contributed by atoms with Crippen LogP contribution in [-0.4, -0.2) is 30.1 Å². The third-order valence-corrected chi connectivity index (χ3v) is 4.62. The van der Waals surface area contributed by atoms with E-state index in [1.54, 1.807) is 13.0 Å². The Labute approximate surface area is 123 Å². The highest BCUT2D eigenvalue weighted by atomic mass is 19.1. The molecule has 114 valence electrons. The highest BCUT2D eigenvalue weighted by molar-refractivity contribution is 5.66. The predicted octanol–water partition coefficient (Wildman–Crippen LogP) is 2.76. The van der Waals surface area contributed by atoms with Crippen LogP contribution in [0.3, 0.4) is 0 Å². The second kappa shape index (κ2) is 5.60. The van der Waals surface area contributed by atoms with Crippen molar-refractivity contribution in [2.75, 3.05) is 18.0 Å². The first-order valence-electron chi connectivity index (χ1n) is 7.52. The molecule has 21 heavy (non-hydrogen) atoms. The van der Waals surface area contributed by atoms with Gasteiger partial charge in [-0.3, -0.25) is 10.1 Å². The SMILES string of the molecule is Cc1cc(N2CCCC2C2CCCN2)c([N+](=O)[O-])cc1F. The number of rotatable bonds is 3. The van der Waals surface area contributed by atoms with Gasteiger partial charge in [-0.25, -0.2) is 4.39 Å². The van der Waals surface area contributed by atoms with Crippen molar-refractivity contribution in [2.45, 2.75) is 44.7 Å². The first kappa shape index (κ1) is 14.3. The van der Waals surface area contributed by atoms with Gasteiger partial charge < -0.3 is 10.2 Å². The number of benzene rings is 1. The number of halogens is 1. The van der Waals surface area contributed by atoms with Gasteiger partial charge >= 0.3 is 0 Å². The van der Waals surface area contributed by atoms with Crippen molar-refractivity contribution in [3.63, 3.8) is 0 Å². The van der Waals surface area contributed by atoms with E-state index in [1.807, 2.05) is 0 Å². The van der Waals surface area contributed by atoms with Crippen molar-refractivity contribution in [2.24, 2.45) is 0 Å². The molecule has 1 aromatic carbocycles. The maximum Gasteiger partial charge on any atom is 0.295 e. The molecule has 0 aromatic heterocycles. The van der Waals surface area contributed by atoms with Crippen LogP contribution < -0.4 is 10.2 Å². The Bertz CT molecular complexity index is 558. The Balaban J connectivity index is 1.98. The van der Waals surface area contributed by atoms with E-state index in [0.29, 0.717) is 17.3 Å². The first-order valence-corrected chi connectivity index (χ1v) is 7.52. The standard InChI is InChI=1S/C15H20FN3O2/c1-10-8-14(15(19(20)21)9-11(10)16)18-7-3-5-13(18)12-4-2-6-17-12/h8-9,12-13,17H,2-7H2,1H3. The molecular weight excluding hydrogens is 273 g/mol. The highest BCUT2D eigenvalue weighted by Crippen LogP contribution is 2.37. The molecule has 0 saturated carbocycles. The molecule has 2 aliphatic heterocycles. The zero-order valence-corrected chi connectivity index (χ0v) is 12.1. The van der Waals surface area contributed by atoms with E-state index < -0.39 is 10.7 Å². The average Bonchev–Trinajstić information content (AvgIpc) is 3.09. The minimum atomic E-state index is -0.514. The van der Waals surface area contributed by atoms with Crippen molar-refractivity contribution in [3.05, 3.63) is 33.6 Å². The van der Waals surface area contributed by atoms with Crippen molar-refractivity contribution >= 4 is 11.4 Å². The number of anilines is 1. The number of aryl methyl sites for hydroxylation is 1. The van der Waals surface area contributed by atoms with E-state index in [9.17, 15) is 14.5 Å². The third-order valence-electron chi connectivity index (χ3n) is 4.62. The molecule has 0 amide bonds. The van der Waals surface area contributed by atoms with Crippen LogP contribution in [0.1, 0.15) is 31.2 Å². The quantitative estimate of drug-likeness (QED) is 0.687. The number of nitrogens with one attached hydrogen (secondary N) is 1. The molecular formula is C15H20FN3O2. The summed E-state index contributed by atoms with van der Waals surface area (Å²) in [6.45, 7) is 3.47. The fourth-order valence-electron chi connectivity index (χ4n) is 3.58. The first-order chi connectivity index (χ1) is 10.1. The molecule has 0 aliphatic carbocycles. The zero-order valence-electron chi connectivity index (χ0n) is 12.1. The van der Waals surface area contributed by atoms with Gasteiger partial charge in [-0.05, 0) is 50.8 Å². The van der Waals surface area contributed by atoms with Crippen molar-refractivity contribution in [1.29, 1.82) is 0 Å². The molecule has 6 heteroatoms. The summed E-state index contributed by atoms with van der Waals surface area (Å²) < 4.78 is 13.7. The van der Waals surface area contributed by atoms with E-state index in [4.69, 9.17) is 0 Å². The van der Waals surface area contributed by atoms with Crippen LogP contribution in [0.5, 0.6) is 0 Å². The molecule has 2 heterocycles. The summed E-state index contributed by atoms with van der Waals surface area (Å²) in [4.78, 5) is 12.9. The lowest BCUT2D eigenvalue weighted by Gasteiger charge is -2.31. The number of hydrogen-bond donors (Lipinski definition) is 1. The molecule has 3 rings (SSSR count). The molecule has 2 atom stereocenters. The van der Waals surface area contributed by atoms with Crippen molar-refractivity contribution in [3.8, 4) is 0 Å². The Morgan fingerprint density at radius 2 is 2.19 bits per heavy atom. The Morgan fingerprint density at radius 3 is 2.86 bits per heavy atom. The van der Waals surface area contributed by atoms with Gasteiger partial charge in [0.25, 0.3) is 5.69 Å². The van der Waals surface area contributed by atoms with Gasteiger partial charge in [0.2, 0.25) is 0 Å². The fourth-order valence-corrected chi connectivity index (χ4v) is 3.58. The van der Waals surface area contributed by atoms with E-state index in [0.717, 1.165) is 44.8 Å². The summed E-state index contributed by atoms with van der Waals surface area (Å²) in [5, 5.41) is 14.8. The van der Waals surface area contributed by atoms with Crippen LogP contribution in [0.25, 0.3) is 0 Å². The van der Waals surface area contributed by atoms with Gasteiger partial charge in [0.15, 0.2) is 0 Å². The monoisotopic (exact) mass is 293 g/mol. The third kappa shape index (κ3) is 2.60. The molecule has 2 unspecified atom stereocenters. The maximum absolute atomic E-state index is 13.7. The summed E-state index contributed by atoms with van der Waals surface area (Å²) >= 11 is 0. The fraction of sp³-hybridized carbons (Fsp3) is 0.600. The van der Waals surface area contributed by atoms with Crippen LogP contribution in [0.2, 0.25) is 0 Å². The number of nitrogens with zero attached hydrogens (tertiary/aromatic N) is 2. The Kier molecular flexibility index (Phi) is 3.80. The smallest absolute Gasteiger partial charge is 0.295 e. The lowest BCUT2D eigenvalue weighted by atomic mass is 10.0. The van der Waals surface area contributed by atoms with Gasteiger partial charge in [-0.1, -0.05) is 0 Å². The number of nitro benzene ring substituents is 1. The highest BCUT2D eigenvalue weighted by Gasteiger charge is 2.36. The van der Waals surface area contributed by atoms with Crippen molar-refractivity contribution in [1.82, 2.24) is 5.32 Å². The second-order valence-corrected chi connectivity index (χ2v) is 5.95. The molecule has 2 saturated heterocycles. The van der Waals surface area contributed by atoms with Crippen LogP contribution in [-0.2, 0) is 0 Å². The molecule has 0 bridgehead atoms. The van der Waals surface area contributed by atoms with E-state index in [-0.39, 0.29) is 11.7 Å². The van der Waals surface area contributed by atoms with Gasteiger partial charge in [-0.2, -0.15) is 0 Å². The van der Waals surface area contributed by atoms with E-state index in [1.165, 1.54) is 0 Å². The van der Waals surface area contributed by atoms with Gasteiger partial charge in [-0.15, -0.1) is 0 Å². The molecule has 5 nitrogen and oxygen atoms in total. The Morgan fingerprint density at radius 1 is 1.38 bits per heavy atom. The second-order valence-electron chi connectivity index (χ2n) is 5.95. The molecule has 1 N–H and O–H groups in total. The topological polar surface area (TPSA) is 58.4 Å². The van der Waals surface area contributed by atoms with Crippen molar-refractivity contribution < 1.29 is 9.31 Å². The van der Waals surface area contributed by atoms with Crippen LogP contribution >= 0.6 is 0 Å². The van der Waals surface area contributed by atoms with Gasteiger partial charge in [0.05, 0.1) is 11.0 Å². The minimum absolute atomic E-state index is 0.122. The largest absolute Gasteiger partial charge is 0.361 e. The lowest BCUT2D eigenvalue weighted by Crippen LogP contribution is -2.44. The zero-order chi connectivity index (χ0) is 15.0. The predicted molar refractivity (Wildman–Crippen MR) is 79.2 cm³/mol. The summed E-state index contributed by atoms with van der Waals surface area (Å²) in [5.74, 6) is -0.514. The van der Waals surface area contributed by atoms with E-state index in [2.05, 4.69) is 10.2 Å². The normalized spacial score (nSPS) is 25.5. The number of hydrogen-bond acceptors (Lipinski definition) is 4. The molecule has 2 aliphatic rings. The van der Waals surface area contributed by atoms with Gasteiger partial charge in [0, 0.05) is 18.6 Å². The summed E-state index contributed by atoms with van der Waals surface area (Å²) in [6.07, 6.45) is 4.32. The lowest BCUT2D eigenvalue weighted by molar-refractivity contribution is -0.384. The summed E-state index contributed by atoms with van der Waals surface area (Å²) in [6, 6.07) is 3.34. The molecule has 0 radical (unpaired) electrons. The summed E-state index contributed by atoms with van der Waals surface area (Å²) in [5.41, 5.74) is 0.902. The number of nitro groups is 1. The van der Waals surface area contributed by atoms with Crippen LogP contribution in [0, 0.1) is 22.9 Å². The van der Waals surface area contributed by atoms with Crippen LogP contribution in [0.4, 0.5) is 15.8 Å². The molecule has 2 fully saturated rings. The minimum Gasteiger partial charge on any atom is -0.361 e. The van der Waals surface area contributed by atoms with Crippen LogP contribution in [0.15, 0.2) is 12.1 Å². The molecule has 1 aromatic rings. The van der Waals surface area contributed by atoms with E-state index >= 15 is 0 Å². The molecule has 0 spiro atoms. The maximum atomic E-state index is 13.7. The summed E-state index contributed by atoms with van der Waals surface area (Å²) in [7, 11) is 0.